The number of thiophene rings is 1. The van der Waals surface area contributed by atoms with Crippen molar-refractivity contribution >= 4 is 11.3 Å². The summed E-state index contributed by atoms with van der Waals surface area (Å²) < 4.78 is 5.65. The summed E-state index contributed by atoms with van der Waals surface area (Å²) in [6.07, 6.45) is 2.98. The van der Waals surface area contributed by atoms with Gasteiger partial charge in [0.1, 0.15) is 0 Å². The summed E-state index contributed by atoms with van der Waals surface area (Å²) in [4.78, 5) is 1.43. The molecule has 0 spiro atoms. The summed E-state index contributed by atoms with van der Waals surface area (Å²) in [6, 6.07) is 2.55. The lowest BCUT2D eigenvalue weighted by atomic mass is 10.0. The Morgan fingerprint density at radius 2 is 2.27 bits per heavy atom. The molecule has 0 aliphatic heterocycles. The molecular weight excluding hydrogens is 206 g/mol. The maximum Gasteiger partial charge on any atom is 0.0802 e. The second kappa shape index (κ2) is 4.64. The predicted octanol–water partition coefficient (Wildman–Crippen LogP) is 2.74. The maximum absolute atomic E-state index is 5.65. The molecule has 1 saturated carbocycles. The first kappa shape index (κ1) is 11.1. The van der Waals surface area contributed by atoms with E-state index in [0.29, 0.717) is 12.1 Å². The van der Waals surface area contributed by atoms with E-state index in [1.54, 1.807) is 0 Å². The minimum atomic E-state index is 0.340. The Bertz CT molecular complexity index is 319. The number of nitrogens with one attached hydrogen (secondary N) is 1. The van der Waals surface area contributed by atoms with Crippen molar-refractivity contribution in [3.8, 4) is 0 Å². The standard InChI is InChI=1S/C12H19NOS/c1-8-6-7-15-12(8)10(13-2)11(14-3)9-4-5-9/h6-7,9-11,13H,4-5H2,1-3H3. The molecule has 0 amide bonds. The molecule has 3 heteroatoms. The van der Waals surface area contributed by atoms with E-state index in [9.17, 15) is 0 Å². The van der Waals surface area contributed by atoms with Gasteiger partial charge in [-0.3, -0.25) is 0 Å². The van der Waals surface area contributed by atoms with Crippen LogP contribution in [0.2, 0.25) is 0 Å². The first-order chi connectivity index (χ1) is 7.27. The quantitative estimate of drug-likeness (QED) is 0.832. The highest BCUT2D eigenvalue weighted by atomic mass is 32.1. The molecule has 1 aromatic heterocycles. The number of hydrogen-bond donors (Lipinski definition) is 1. The number of methoxy groups -OCH3 is 1. The monoisotopic (exact) mass is 225 g/mol. The van der Waals surface area contributed by atoms with Crippen LogP contribution in [-0.2, 0) is 4.74 Å². The Morgan fingerprint density at radius 3 is 2.67 bits per heavy atom. The highest BCUT2D eigenvalue weighted by Gasteiger charge is 2.37. The third-order valence-corrected chi connectivity index (χ3v) is 4.28. The topological polar surface area (TPSA) is 21.3 Å². The van der Waals surface area contributed by atoms with Gasteiger partial charge in [-0.2, -0.15) is 0 Å². The second-order valence-corrected chi connectivity index (χ2v) is 5.22. The lowest BCUT2D eigenvalue weighted by Crippen LogP contribution is -2.32. The van der Waals surface area contributed by atoms with Gasteiger partial charge in [0, 0.05) is 12.0 Å². The number of ether oxygens (including phenoxy) is 1. The van der Waals surface area contributed by atoms with Crippen LogP contribution in [-0.4, -0.2) is 20.3 Å². The van der Waals surface area contributed by atoms with Crippen LogP contribution >= 0.6 is 11.3 Å². The Morgan fingerprint density at radius 1 is 1.53 bits per heavy atom. The average molecular weight is 225 g/mol. The molecule has 1 N–H and O–H groups in total. The van der Waals surface area contributed by atoms with Gasteiger partial charge >= 0.3 is 0 Å². The van der Waals surface area contributed by atoms with E-state index in [0.717, 1.165) is 5.92 Å². The zero-order valence-electron chi connectivity index (χ0n) is 9.62. The number of rotatable bonds is 5. The van der Waals surface area contributed by atoms with Crippen LogP contribution in [0.3, 0.4) is 0 Å². The number of likely N-dealkylation sites (N-methyl/N-ethyl adjacent to an activating group) is 1. The Kier molecular flexibility index (Phi) is 3.44. The molecule has 0 radical (unpaired) electrons. The van der Waals surface area contributed by atoms with E-state index in [2.05, 4.69) is 23.7 Å². The second-order valence-electron chi connectivity index (χ2n) is 4.27. The van der Waals surface area contributed by atoms with Gasteiger partial charge in [-0.05, 0) is 49.7 Å². The smallest absolute Gasteiger partial charge is 0.0802 e. The van der Waals surface area contributed by atoms with E-state index in [1.807, 2.05) is 25.5 Å². The van der Waals surface area contributed by atoms with Crippen molar-refractivity contribution in [3.05, 3.63) is 21.9 Å². The molecule has 1 aromatic rings. The van der Waals surface area contributed by atoms with Gasteiger partial charge in [0.15, 0.2) is 0 Å². The first-order valence-electron chi connectivity index (χ1n) is 5.52. The van der Waals surface area contributed by atoms with Crippen molar-refractivity contribution in [1.82, 2.24) is 5.32 Å². The van der Waals surface area contributed by atoms with Crippen LogP contribution in [0.15, 0.2) is 11.4 Å². The molecule has 0 aromatic carbocycles. The van der Waals surface area contributed by atoms with Crippen LogP contribution < -0.4 is 5.32 Å². The molecular formula is C12H19NOS. The van der Waals surface area contributed by atoms with Crippen LogP contribution in [0.1, 0.15) is 29.3 Å². The van der Waals surface area contributed by atoms with Crippen molar-refractivity contribution in [2.45, 2.75) is 31.9 Å². The fourth-order valence-corrected chi connectivity index (χ4v) is 3.24. The molecule has 15 heavy (non-hydrogen) atoms. The summed E-state index contributed by atoms with van der Waals surface area (Å²) in [5.41, 5.74) is 1.38. The lowest BCUT2D eigenvalue weighted by Gasteiger charge is -2.25. The number of hydrogen-bond acceptors (Lipinski definition) is 3. The third kappa shape index (κ3) is 2.25. The fraction of sp³-hybridized carbons (Fsp3) is 0.667. The van der Waals surface area contributed by atoms with E-state index >= 15 is 0 Å². The van der Waals surface area contributed by atoms with Crippen molar-refractivity contribution in [2.75, 3.05) is 14.2 Å². The SMILES string of the molecule is CNC(c1sccc1C)C(OC)C1CC1. The van der Waals surface area contributed by atoms with Gasteiger partial charge < -0.3 is 10.1 Å². The molecule has 2 atom stereocenters. The fourth-order valence-electron chi connectivity index (χ4n) is 2.17. The Hall–Kier alpha value is -0.380. The molecule has 0 bridgehead atoms. The zero-order chi connectivity index (χ0) is 10.8. The van der Waals surface area contributed by atoms with Crippen LogP contribution in [0.5, 0.6) is 0 Å². The van der Waals surface area contributed by atoms with E-state index < -0.39 is 0 Å². The minimum Gasteiger partial charge on any atom is -0.379 e. The largest absolute Gasteiger partial charge is 0.379 e. The third-order valence-electron chi connectivity index (χ3n) is 3.18. The average Bonchev–Trinajstić information content (AvgIpc) is 2.99. The highest BCUT2D eigenvalue weighted by Crippen LogP contribution is 2.41. The van der Waals surface area contributed by atoms with Crippen molar-refractivity contribution in [3.63, 3.8) is 0 Å². The summed E-state index contributed by atoms with van der Waals surface area (Å²) in [5.74, 6) is 0.758. The van der Waals surface area contributed by atoms with Crippen LogP contribution in [0, 0.1) is 12.8 Å². The molecule has 2 nitrogen and oxygen atoms in total. The van der Waals surface area contributed by atoms with E-state index in [-0.39, 0.29) is 0 Å². The molecule has 0 saturated heterocycles. The molecule has 1 aliphatic rings. The van der Waals surface area contributed by atoms with Gasteiger partial charge in [-0.15, -0.1) is 11.3 Å². The van der Waals surface area contributed by atoms with E-state index in [4.69, 9.17) is 4.74 Å². The Labute approximate surface area is 95.6 Å². The van der Waals surface area contributed by atoms with Crippen LogP contribution in [0.25, 0.3) is 0 Å². The molecule has 2 unspecified atom stereocenters. The van der Waals surface area contributed by atoms with Crippen molar-refractivity contribution in [1.29, 1.82) is 0 Å². The summed E-state index contributed by atoms with van der Waals surface area (Å²) in [7, 11) is 3.86. The molecule has 1 heterocycles. The normalized spacial score (nSPS) is 20.2. The summed E-state index contributed by atoms with van der Waals surface area (Å²) in [6.45, 7) is 2.18. The lowest BCUT2D eigenvalue weighted by molar-refractivity contribution is 0.0539. The molecule has 1 fully saturated rings. The van der Waals surface area contributed by atoms with Gasteiger partial charge in [-0.25, -0.2) is 0 Å². The van der Waals surface area contributed by atoms with E-state index in [1.165, 1.54) is 23.3 Å². The minimum absolute atomic E-state index is 0.340. The predicted molar refractivity (Wildman–Crippen MR) is 64.4 cm³/mol. The van der Waals surface area contributed by atoms with Gasteiger partial charge in [0.25, 0.3) is 0 Å². The summed E-state index contributed by atoms with van der Waals surface area (Å²) in [5, 5.41) is 5.56. The van der Waals surface area contributed by atoms with Crippen molar-refractivity contribution in [2.24, 2.45) is 5.92 Å². The highest BCUT2D eigenvalue weighted by molar-refractivity contribution is 7.10. The van der Waals surface area contributed by atoms with Crippen LogP contribution in [0.4, 0.5) is 0 Å². The summed E-state index contributed by atoms with van der Waals surface area (Å²) >= 11 is 1.83. The molecule has 1 aliphatic carbocycles. The van der Waals surface area contributed by atoms with Gasteiger partial charge in [0.05, 0.1) is 12.1 Å². The number of aryl methyl sites for hydroxylation is 1. The zero-order valence-corrected chi connectivity index (χ0v) is 10.4. The molecule has 2 rings (SSSR count). The van der Waals surface area contributed by atoms with Gasteiger partial charge in [0.2, 0.25) is 0 Å². The molecule has 84 valence electrons. The maximum atomic E-state index is 5.65. The van der Waals surface area contributed by atoms with Gasteiger partial charge in [-0.1, -0.05) is 0 Å². The van der Waals surface area contributed by atoms with Crippen molar-refractivity contribution < 1.29 is 4.74 Å². The first-order valence-corrected chi connectivity index (χ1v) is 6.40. The Balaban J connectivity index is 2.18.